The molecular formula is C16H19FN2O3. The summed E-state index contributed by atoms with van der Waals surface area (Å²) >= 11 is 0. The number of halogens is 1. The van der Waals surface area contributed by atoms with Crippen LogP contribution in [-0.4, -0.2) is 38.3 Å². The van der Waals surface area contributed by atoms with E-state index in [0.717, 1.165) is 0 Å². The molecule has 0 radical (unpaired) electrons. The third-order valence-corrected chi connectivity index (χ3v) is 3.41. The maximum Gasteiger partial charge on any atom is 0.310 e. The largest absolute Gasteiger partial charge is 0.469 e. The maximum absolute atomic E-state index is 13.6. The number of rotatable bonds is 6. The summed E-state index contributed by atoms with van der Waals surface area (Å²) in [6, 6.07) is 4.41. The van der Waals surface area contributed by atoms with Gasteiger partial charge < -0.3 is 14.8 Å². The fourth-order valence-electron chi connectivity index (χ4n) is 2.31. The Morgan fingerprint density at radius 3 is 2.82 bits per heavy atom. The van der Waals surface area contributed by atoms with Crippen molar-refractivity contribution in [1.29, 1.82) is 0 Å². The number of fused-ring (bicyclic) bond motifs is 1. The molecule has 0 amide bonds. The fourth-order valence-corrected chi connectivity index (χ4v) is 2.31. The van der Waals surface area contributed by atoms with Gasteiger partial charge in [-0.15, -0.1) is 0 Å². The van der Waals surface area contributed by atoms with E-state index >= 15 is 0 Å². The smallest absolute Gasteiger partial charge is 0.310 e. The third-order valence-electron chi connectivity index (χ3n) is 3.41. The zero-order valence-corrected chi connectivity index (χ0v) is 12.9. The molecule has 5 nitrogen and oxygen atoms in total. The quantitative estimate of drug-likeness (QED) is 0.656. The number of nitrogens with zero attached hydrogens (tertiary/aromatic N) is 1. The monoisotopic (exact) mass is 306 g/mol. The Balaban J connectivity index is 2.55. The summed E-state index contributed by atoms with van der Waals surface area (Å²) in [6.07, 6.45) is 0.0805. The minimum absolute atomic E-state index is 0.0805. The molecule has 0 aliphatic heterocycles. The number of benzene rings is 1. The van der Waals surface area contributed by atoms with Crippen LogP contribution in [0.5, 0.6) is 0 Å². The van der Waals surface area contributed by atoms with E-state index in [9.17, 15) is 9.18 Å². The lowest BCUT2D eigenvalue weighted by Crippen LogP contribution is -2.14. The van der Waals surface area contributed by atoms with Crippen LogP contribution >= 0.6 is 0 Å². The average Bonchev–Trinajstić information content (AvgIpc) is 2.50. The standard InChI is InChI=1S/C16H19FN2O3/c1-10-12(9-15(20)22-3)16(18-6-7-21-2)13-8-11(17)4-5-14(13)19-10/h4-5,8H,6-7,9H2,1-3H3,(H,18,19). The number of aryl methyl sites for hydroxylation is 1. The maximum atomic E-state index is 13.6. The molecule has 1 aromatic heterocycles. The molecule has 0 saturated heterocycles. The van der Waals surface area contributed by atoms with Gasteiger partial charge in [0.2, 0.25) is 0 Å². The van der Waals surface area contributed by atoms with Gasteiger partial charge in [-0.2, -0.15) is 0 Å². The highest BCUT2D eigenvalue weighted by Gasteiger charge is 2.16. The molecule has 0 spiro atoms. The van der Waals surface area contributed by atoms with Crippen molar-refractivity contribution in [3.8, 4) is 0 Å². The molecule has 0 saturated carbocycles. The van der Waals surface area contributed by atoms with E-state index in [4.69, 9.17) is 9.47 Å². The van der Waals surface area contributed by atoms with Gasteiger partial charge in [0.15, 0.2) is 0 Å². The van der Waals surface area contributed by atoms with E-state index in [1.54, 1.807) is 13.2 Å². The molecule has 22 heavy (non-hydrogen) atoms. The lowest BCUT2D eigenvalue weighted by atomic mass is 10.0. The fraction of sp³-hybridized carbons (Fsp3) is 0.375. The normalized spacial score (nSPS) is 10.7. The first kappa shape index (κ1) is 16.2. The number of nitrogens with one attached hydrogen (secondary N) is 1. The second-order valence-corrected chi connectivity index (χ2v) is 4.88. The van der Waals surface area contributed by atoms with Gasteiger partial charge in [-0.25, -0.2) is 4.39 Å². The van der Waals surface area contributed by atoms with Gasteiger partial charge in [-0.3, -0.25) is 9.78 Å². The predicted molar refractivity (Wildman–Crippen MR) is 82.5 cm³/mol. The molecule has 0 atom stereocenters. The van der Waals surface area contributed by atoms with E-state index in [1.165, 1.54) is 19.2 Å². The molecule has 0 aliphatic rings. The number of methoxy groups -OCH3 is 2. The van der Waals surface area contributed by atoms with Crippen molar-refractivity contribution in [1.82, 2.24) is 4.98 Å². The van der Waals surface area contributed by atoms with Gasteiger partial charge in [0.05, 0.1) is 25.7 Å². The highest BCUT2D eigenvalue weighted by Crippen LogP contribution is 2.29. The minimum atomic E-state index is -0.365. The van der Waals surface area contributed by atoms with Crippen LogP contribution in [0.15, 0.2) is 18.2 Å². The first-order valence-electron chi connectivity index (χ1n) is 6.95. The van der Waals surface area contributed by atoms with Gasteiger partial charge in [0, 0.05) is 36.0 Å². The molecule has 0 bridgehead atoms. The van der Waals surface area contributed by atoms with E-state index in [2.05, 4.69) is 10.3 Å². The SMILES string of the molecule is COCCNc1c(CC(=O)OC)c(C)nc2ccc(F)cc12. The summed E-state index contributed by atoms with van der Waals surface area (Å²) in [4.78, 5) is 16.1. The van der Waals surface area contributed by atoms with E-state index < -0.39 is 0 Å². The Labute approximate surface area is 128 Å². The van der Waals surface area contributed by atoms with Gasteiger partial charge in [0.1, 0.15) is 5.82 Å². The zero-order valence-electron chi connectivity index (χ0n) is 12.9. The Kier molecular flexibility index (Phi) is 5.27. The van der Waals surface area contributed by atoms with Gasteiger partial charge in [0.25, 0.3) is 0 Å². The second-order valence-electron chi connectivity index (χ2n) is 4.88. The molecule has 0 unspecified atom stereocenters. The topological polar surface area (TPSA) is 60.5 Å². The molecule has 118 valence electrons. The van der Waals surface area contributed by atoms with Crippen LogP contribution in [0.4, 0.5) is 10.1 Å². The average molecular weight is 306 g/mol. The molecular weight excluding hydrogens is 287 g/mol. The van der Waals surface area contributed by atoms with Crippen LogP contribution in [0.25, 0.3) is 10.9 Å². The third kappa shape index (κ3) is 3.51. The number of carbonyl (C=O) groups excluding carboxylic acids is 1. The van der Waals surface area contributed by atoms with Gasteiger partial charge in [-0.1, -0.05) is 0 Å². The molecule has 2 rings (SSSR count). The number of hydrogen-bond acceptors (Lipinski definition) is 5. The molecule has 6 heteroatoms. The van der Waals surface area contributed by atoms with Crippen molar-refractivity contribution in [3.05, 3.63) is 35.3 Å². The first-order valence-corrected chi connectivity index (χ1v) is 6.95. The second kappa shape index (κ2) is 7.17. The zero-order chi connectivity index (χ0) is 16.1. The Hall–Kier alpha value is -2.21. The first-order chi connectivity index (χ1) is 10.6. The van der Waals surface area contributed by atoms with E-state index in [-0.39, 0.29) is 18.2 Å². The van der Waals surface area contributed by atoms with Crippen LogP contribution in [0.3, 0.4) is 0 Å². The minimum Gasteiger partial charge on any atom is -0.469 e. The van der Waals surface area contributed by atoms with Crippen molar-refractivity contribution in [2.24, 2.45) is 0 Å². The number of hydrogen-bond donors (Lipinski definition) is 1. The summed E-state index contributed by atoms with van der Waals surface area (Å²) in [5, 5.41) is 3.85. The van der Waals surface area contributed by atoms with Crippen LogP contribution < -0.4 is 5.32 Å². The van der Waals surface area contributed by atoms with Crippen LogP contribution in [0, 0.1) is 12.7 Å². The summed E-state index contributed by atoms with van der Waals surface area (Å²) < 4.78 is 23.4. The predicted octanol–water partition coefficient (Wildman–Crippen LogP) is 2.46. The number of esters is 1. The van der Waals surface area contributed by atoms with Gasteiger partial charge >= 0.3 is 5.97 Å². The Bertz CT molecular complexity index is 689. The van der Waals surface area contributed by atoms with E-state index in [0.29, 0.717) is 41.0 Å². The summed E-state index contributed by atoms with van der Waals surface area (Å²) in [7, 11) is 2.94. The van der Waals surface area contributed by atoms with Crippen molar-refractivity contribution in [2.75, 3.05) is 32.7 Å². The number of aromatic nitrogens is 1. The highest BCUT2D eigenvalue weighted by atomic mass is 19.1. The van der Waals surface area contributed by atoms with Crippen molar-refractivity contribution >= 4 is 22.6 Å². The Morgan fingerprint density at radius 1 is 1.36 bits per heavy atom. The van der Waals surface area contributed by atoms with Crippen molar-refractivity contribution in [2.45, 2.75) is 13.3 Å². The lowest BCUT2D eigenvalue weighted by Gasteiger charge is -2.16. The van der Waals surface area contributed by atoms with Crippen LogP contribution in [-0.2, 0) is 20.7 Å². The number of anilines is 1. The molecule has 1 heterocycles. The molecule has 0 fully saturated rings. The Morgan fingerprint density at radius 2 is 2.14 bits per heavy atom. The number of carbonyl (C=O) groups is 1. The summed E-state index contributed by atoms with van der Waals surface area (Å²) in [5.74, 6) is -0.715. The molecule has 1 N–H and O–H groups in total. The molecule has 2 aromatic rings. The van der Waals surface area contributed by atoms with Crippen LogP contribution in [0.1, 0.15) is 11.3 Å². The highest BCUT2D eigenvalue weighted by molar-refractivity contribution is 5.95. The molecule has 1 aromatic carbocycles. The molecule has 0 aliphatic carbocycles. The lowest BCUT2D eigenvalue weighted by molar-refractivity contribution is -0.139. The summed E-state index contributed by atoms with van der Waals surface area (Å²) in [5.41, 5.74) is 2.79. The summed E-state index contributed by atoms with van der Waals surface area (Å²) in [6.45, 7) is 2.86. The van der Waals surface area contributed by atoms with Crippen molar-refractivity contribution in [3.63, 3.8) is 0 Å². The van der Waals surface area contributed by atoms with Gasteiger partial charge in [-0.05, 0) is 25.1 Å². The number of ether oxygens (including phenoxy) is 2. The van der Waals surface area contributed by atoms with Crippen molar-refractivity contribution < 1.29 is 18.7 Å². The van der Waals surface area contributed by atoms with Crippen LogP contribution in [0.2, 0.25) is 0 Å². The number of pyridine rings is 1. The van der Waals surface area contributed by atoms with E-state index in [1.807, 2.05) is 6.92 Å².